The SMILES string of the molecule is Cc1ccc(-n2nccn2)c(C(=O)N2[C@H](C)[C@H]3C[C@@H](Oc4ccc(C(F)(F)F)cn4)[C@@H]2C3)n1. The van der Waals surface area contributed by atoms with Gasteiger partial charge in [-0.1, -0.05) is 0 Å². The number of aryl methyl sites for hydroxylation is 1. The molecule has 8 nitrogen and oxygen atoms in total. The molecule has 0 N–H and O–H groups in total. The van der Waals surface area contributed by atoms with Gasteiger partial charge in [0.2, 0.25) is 5.88 Å². The van der Waals surface area contributed by atoms with Gasteiger partial charge in [0, 0.05) is 24.0 Å². The van der Waals surface area contributed by atoms with Crippen molar-refractivity contribution < 1.29 is 22.7 Å². The minimum atomic E-state index is -4.46. The van der Waals surface area contributed by atoms with Crippen molar-refractivity contribution in [3.63, 3.8) is 0 Å². The molecule has 2 bridgehead atoms. The fraction of sp³-hybridized carbons (Fsp3) is 0.409. The van der Waals surface area contributed by atoms with Crippen LogP contribution >= 0.6 is 0 Å². The second-order valence-corrected chi connectivity index (χ2v) is 8.43. The number of rotatable bonds is 4. The molecule has 1 aliphatic heterocycles. The maximum atomic E-state index is 13.7. The molecule has 0 spiro atoms. The molecule has 4 atom stereocenters. The van der Waals surface area contributed by atoms with E-state index in [1.165, 1.54) is 23.3 Å². The zero-order valence-corrected chi connectivity index (χ0v) is 17.9. The summed E-state index contributed by atoms with van der Waals surface area (Å²) in [5.74, 6) is 0.0740. The van der Waals surface area contributed by atoms with Gasteiger partial charge in [0.15, 0.2) is 5.69 Å². The summed E-state index contributed by atoms with van der Waals surface area (Å²) in [6.45, 7) is 3.80. The van der Waals surface area contributed by atoms with E-state index in [9.17, 15) is 18.0 Å². The standard InChI is InChI=1S/C22H21F3N6O2/c1-12-3-5-16(31-27-7-8-28-31)20(29-12)21(32)30-13(2)14-9-17(30)18(10-14)33-19-6-4-15(11-26-19)22(23,24)25/h3-8,11,13-14,17-18H,9-10H2,1-2H3/t13-,14-,17+,18-/m1/s1. The van der Waals surface area contributed by atoms with Crippen molar-refractivity contribution in [1.82, 2.24) is 29.9 Å². The van der Waals surface area contributed by atoms with Crippen molar-refractivity contribution in [2.24, 2.45) is 5.92 Å². The number of alkyl halides is 3. The Labute approximate surface area is 187 Å². The molecule has 3 aromatic rings. The highest BCUT2D eigenvalue weighted by atomic mass is 19.4. The number of nitrogens with zero attached hydrogens (tertiary/aromatic N) is 6. The number of piperidine rings is 1. The average Bonchev–Trinajstić information content (AvgIpc) is 3.50. The van der Waals surface area contributed by atoms with Gasteiger partial charge in [-0.2, -0.15) is 23.4 Å². The van der Waals surface area contributed by atoms with E-state index in [1.807, 2.05) is 6.92 Å². The van der Waals surface area contributed by atoms with Crippen LogP contribution in [0.1, 0.15) is 41.5 Å². The average molecular weight is 458 g/mol. The zero-order valence-electron chi connectivity index (χ0n) is 17.9. The van der Waals surface area contributed by atoms with Crippen LogP contribution < -0.4 is 4.74 Å². The quantitative estimate of drug-likeness (QED) is 0.595. The van der Waals surface area contributed by atoms with E-state index in [-0.39, 0.29) is 41.6 Å². The zero-order chi connectivity index (χ0) is 23.3. The number of fused-ring (bicyclic) bond motifs is 2. The molecule has 2 aliphatic rings. The summed E-state index contributed by atoms with van der Waals surface area (Å²) in [6.07, 6.45) is 0.430. The first-order valence-electron chi connectivity index (χ1n) is 10.6. The lowest BCUT2D eigenvalue weighted by atomic mass is 9.98. The highest BCUT2D eigenvalue weighted by Crippen LogP contribution is 2.44. The third-order valence-corrected chi connectivity index (χ3v) is 6.41. The number of halogens is 3. The van der Waals surface area contributed by atoms with E-state index in [0.717, 1.165) is 18.7 Å². The number of amides is 1. The molecule has 1 aliphatic carbocycles. The van der Waals surface area contributed by atoms with Gasteiger partial charge in [-0.15, -0.1) is 4.80 Å². The highest BCUT2D eigenvalue weighted by molar-refractivity contribution is 5.96. The third kappa shape index (κ3) is 3.81. The molecule has 3 aromatic heterocycles. The molecule has 11 heteroatoms. The van der Waals surface area contributed by atoms with E-state index in [0.29, 0.717) is 17.8 Å². The van der Waals surface area contributed by atoms with Gasteiger partial charge >= 0.3 is 6.18 Å². The maximum absolute atomic E-state index is 13.7. The van der Waals surface area contributed by atoms with Crippen LogP contribution in [0.4, 0.5) is 13.2 Å². The normalized spacial score (nSPS) is 24.3. The molecular formula is C22H21F3N6O2. The largest absolute Gasteiger partial charge is 0.472 e. The third-order valence-electron chi connectivity index (χ3n) is 6.41. The number of carbonyl (C=O) groups is 1. The highest BCUT2D eigenvalue weighted by Gasteiger charge is 2.53. The second kappa shape index (κ2) is 7.82. The number of aromatic nitrogens is 5. The Morgan fingerprint density at radius 2 is 1.88 bits per heavy atom. The van der Waals surface area contributed by atoms with Crippen molar-refractivity contribution in [2.75, 3.05) is 0 Å². The van der Waals surface area contributed by atoms with Crippen LogP contribution in [0.2, 0.25) is 0 Å². The number of carbonyl (C=O) groups excluding carboxylic acids is 1. The van der Waals surface area contributed by atoms with Crippen LogP contribution in [-0.2, 0) is 6.18 Å². The topological polar surface area (TPSA) is 86.0 Å². The molecule has 33 heavy (non-hydrogen) atoms. The smallest absolute Gasteiger partial charge is 0.417 e. The Morgan fingerprint density at radius 3 is 2.52 bits per heavy atom. The number of hydrogen-bond acceptors (Lipinski definition) is 6. The van der Waals surface area contributed by atoms with Gasteiger partial charge in [-0.3, -0.25) is 4.79 Å². The lowest BCUT2D eigenvalue weighted by molar-refractivity contribution is -0.137. The van der Waals surface area contributed by atoms with Gasteiger partial charge in [0.1, 0.15) is 11.8 Å². The summed E-state index contributed by atoms with van der Waals surface area (Å²) in [7, 11) is 0. The van der Waals surface area contributed by atoms with Crippen LogP contribution in [0.5, 0.6) is 5.88 Å². The van der Waals surface area contributed by atoms with Crippen molar-refractivity contribution in [2.45, 2.75) is 51.1 Å². The van der Waals surface area contributed by atoms with E-state index in [1.54, 1.807) is 24.0 Å². The van der Waals surface area contributed by atoms with Crippen LogP contribution in [0.25, 0.3) is 5.69 Å². The first-order chi connectivity index (χ1) is 15.7. The molecule has 1 amide bonds. The summed E-state index contributed by atoms with van der Waals surface area (Å²) < 4.78 is 44.4. The summed E-state index contributed by atoms with van der Waals surface area (Å²) in [5.41, 5.74) is 0.580. The van der Waals surface area contributed by atoms with Crippen LogP contribution in [0.3, 0.4) is 0 Å². The van der Waals surface area contributed by atoms with Crippen molar-refractivity contribution in [3.8, 4) is 11.6 Å². The number of pyridine rings is 2. The van der Waals surface area contributed by atoms with E-state index in [4.69, 9.17) is 4.74 Å². The van der Waals surface area contributed by atoms with Crippen molar-refractivity contribution >= 4 is 5.91 Å². The maximum Gasteiger partial charge on any atom is 0.417 e. The number of likely N-dealkylation sites (tertiary alicyclic amines) is 1. The van der Waals surface area contributed by atoms with Crippen LogP contribution in [0, 0.1) is 12.8 Å². The van der Waals surface area contributed by atoms with Gasteiger partial charge < -0.3 is 9.64 Å². The van der Waals surface area contributed by atoms with E-state index >= 15 is 0 Å². The van der Waals surface area contributed by atoms with Gasteiger partial charge in [0.05, 0.1) is 24.0 Å². The monoisotopic (exact) mass is 458 g/mol. The minimum absolute atomic E-state index is 0.0244. The molecule has 4 heterocycles. The fourth-order valence-corrected chi connectivity index (χ4v) is 4.79. The van der Waals surface area contributed by atoms with Crippen molar-refractivity contribution in [3.05, 3.63) is 59.8 Å². The van der Waals surface area contributed by atoms with E-state index < -0.39 is 11.7 Å². The van der Waals surface area contributed by atoms with Crippen LogP contribution in [-0.4, -0.2) is 54.0 Å². The molecule has 2 fully saturated rings. The fourth-order valence-electron chi connectivity index (χ4n) is 4.79. The Kier molecular flexibility index (Phi) is 5.06. The lowest BCUT2D eigenvalue weighted by Crippen LogP contribution is -2.51. The molecule has 0 unspecified atom stereocenters. The predicted molar refractivity (Wildman–Crippen MR) is 110 cm³/mol. The van der Waals surface area contributed by atoms with Gasteiger partial charge in [-0.25, -0.2) is 9.97 Å². The van der Waals surface area contributed by atoms with Crippen LogP contribution in [0.15, 0.2) is 42.9 Å². The number of ether oxygens (including phenoxy) is 1. The molecule has 1 saturated carbocycles. The molecule has 0 radical (unpaired) electrons. The van der Waals surface area contributed by atoms with Gasteiger partial charge in [-0.05, 0) is 50.8 Å². The Bertz CT molecular complexity index is 1170. The lowest BCUT2D eigenvalue weighted by Gasteiger charge is -2.37. The molecule has 1 saturated heterocycles. The molecule has 0 aromatic carbocycles. The van der Waals surface area contributed by atoms with Crippen molar-refractivity contribution in [1.29, 1.82) is 0 Å². The summed E-state index contributed by atoms with van der Waals surface area (Å²) in [4.78, 5) is 25.1. The first-order valence-corrected chi connectivity index (χ1v) is 10.6. The Hall–Kier alpha value is -3.50. The minimum Gasteiger partial charge on any atom is -0.472 e. The number of hydrogen-bond donors (Lipinski definition) is 0. The summed E-state index contributed by atoms with van der Waals surface area (Å²) in [6, 6.07) is 5.45. The second-order valence-electron chi connectivity index (χ2n) is 8.43. The first kappa shape index (κ1) is 21.4. The predicted octanol–water partition coefficient (Wildman–Crippen LogP) is 3.46. The molecule has 5 rings (SSSR count). The van der Waals surface area contributed by atoms with E-state index in [2.05, 4.69) is 20.2 Å². The molecule has 172 valence electrons. The Balaban J connectivity index is 1.40. The Morgan fingerprint density at radius 1 is 1.12 bits per heavy atom. The van der Waals surface area contributed by atoms with Gasteiger partial charge in [0.25, 0.3) is 5.91 Å². The molecular weight excluding hydrogens is 437 g/mol. The summed E-state index contributed by atoms with van der Waals surface area (Å²) in [5, 5.41) is 8.26. The summed E-state index contributed by atoms with van der Waals surface area (Å²) >= 11 is 0.